The van der Waals surface area contributed by atoms with E-state index in [1.54, 1.807) is 7.11 Å². The molecule has 1 unspecified atom stereocenters. The van der Waals surface area contributed by atoms with Crippen LogP contribution >= 0.6 is 0 Å². The van der Waals surface area contributed by atoms with E-state index in [1.807, 2.05) is 48.7 Å². The molecule has 1 fully saturated rings. The van der Waals surface area contributed by atoms with E-state index < -0.39 is 5.41 Å². The Hall–Kier alpha value is -3.58. The van der Waals surface area contributed by atoms with Gasteiger partial charge in [0.15, 0.2) is 11.5 Å². The molecule has 2 aromatic carbocycles. The zero-order valence-corrected chi connectivity index (χ0v) is 20.4. The number of hydrogen-bond acceptors (Lipinski definition) is 6. The van der Waals surface area contributed by atoms with E-state index in [9.17, 15) is 4.79 Å². The lowest BCUT2D eigenvalue weighted by atomic mass is 9.94. The number of aromatic nitrogens is 1. The molecule has 0 bridgehead atoms. The van der Waals surface area contributed by atoms with Gasteiger partial charge < -0.3 is 19.5 Å². The largest absolute Gasteiger partial charge is 0.497 e. The van der Waals surface area contributed by atoms with Crippen LogP contribution < -0.4 is 19.5 Å². The average Bonchev–Trinajstić information content (AvgIpc) is 3.58. The molecular formula is C28H31N3O4. The van der Waals surface area contributed by atoms with Gasteiger partial charge in [-0.05, 0) is 73.0 Å². The molecule has 1 saturated carbocycles. The van der Waals surface area contributed by atoms with Gasteiger partial charge in [0.25, 0.3) is 0 Å². The van der Waals surface area contributed by atoms with Crippen LogP contribution in [0.3, 0.4) is 0 Å². The number of anilines is 1. The zero-order valence-electron chi connectivity index (χ0n) is 20.4. The van der Waals surface area contributed by atoms with Crippen molar-refractivity contribution in [1.82, 2.24) is 9.88 Å². The van der Waals surface area contributed by atoms with Crippen LogP contribution in [0.25, 0.3) is 0 Å². The highest BCUT2D eigenvalue weighted by Crippen LogP contribution is 2.51. The molecule has 1 aromatic heterocycles. The van der Waals surface area contributed by atoms with Crippen LogP contribution in [0, 0.1) is 0 Å². The van der Waals surface area contributed by atoms with Crippen molar-refractivity contribution in [3.05, 3.63) is 77.5 Å². The summed E-state index contributed by atoms with van der Waals surface area (Å²) in [6.07, 6.45) is 3.46. The highest BCUT2D eigenvalue weighted by Gasteiger charge is 2.51. The van der Waals surface area contributed by atoms with Gasteiger partial charge in [0.05, 0.1) is 18.6 Å². The fourth-order valence-electron chi connectivity index (χ4n) is 4.86. The molecule has 2 heterocycles. The zero-order chi connectivity index (χ0) is 24.4. The fraction of sp³-hybridized carbons (Fsp3) is 0.357. The number of pyridine rings is 1. The molecule has 1 amide bonds. The van der Waals surface area contributed by atoms with Gasteiger partial charge in [-0.15, -0.1) is 0 Å². The van der Waals surface area contributed by atoms with E-state index in [-0.39, 0.29) is 18.7 Å². The van der Waals surface area contributed by atoms with Crippen LogP contribution in [-0.2, 0) is 10.2 Å². The van der Waals surface area contributed by atoms with Gasteiger partial charge in [0, 0.05) is 6.20 Å². The molecule has 0 radical (unpaired) electrons. The van der Waals surface area contributed by atoms with E-state index in [1.165, 1.54) is 0 Å². The predicted molar refractivity (Wildman–Crippen MR) is 134 cm³/mol. The lowest BCUT2D eigenvalue weighted by molar-refractivity contribution is -0.118. The standard InChI is InChI=1S/C28H31N3O4/c1-4-31(5-2)26(19-7-6-8-22(15-19)33-3)20-9-12-25(29-17-20)30-27(32)28(13-14-28)21-10-11-23-24(16-21)35-18-34-23/h6-12,15-17,26H,4-5,13-14,18H2,1-3H3,(H,29,30,32). The van der Waals surface area contributed by atoms with E-state index in [2.05, 4.69) is 41.2 Å². The van der Waals surface area contributed by atoms with Crippen LogP contribution in [0.1, 0.15) is 49.4 Å². The molecule has 1 aliphatic carbocycles. The van der Waals surface area contributed by atoms with Gasteiger partial charge in [-0.1, -0.05) is 38.1 Å². The minimum Gasteiger partial charge on any atom is -0.497 e. The summed E-state index contributed by atoms with van der Waals surface area (Å²) in [5.74, 6) is 2.76. The van der Waals surface area contributed by atoms with Crippen LogP contribution in [0.15, 0.2) is 60.8 Å². The summed E-state index contributed by atoms with van der Waals surface area (Å²) in [6, 6.07) is 17.9. The van der Waals surface area contributed by atoms with Crippen LogP contribution in [0.2, 0.25) is 0 Å². The second-order valence-electron chi connectivity index (χ2n) is 8.98. The molecular weight excluding hydrogens is 442 g/mol. The van der Waals surface area contributed by atoms with Crippen molar-refractivity contribution in [2.24, 2.45) is 0 Å². The number of fused-ring (bicyclic) bond motifs is 1. The van der Waals surface area contributed by atoms with Crippen molar-refractivity contribution in [2.45, 2.75) is 38.1 Å². The summed E-state index contributed by atoms with van der Waals surface area (Å²) in [5, 5.41) is 3.04. The monoisotopic (exact) mass is 473 g/mol. The third-order valence-electron chi connectivity index (χ3n) is 7.04. The van der Waals surface area contributed by atoms with E-state index in [0.29, 0.717) is 11.6 Å². The van der Waals surface area contributed by atoms with Crippen molar-refractivity contribution >= 4 is 11.7 Å². The Morgan fingerprint density at radius 1 is 1.06 bits per heavy atom. The summed E-state index contributed by atoms with van der Waals surface area (Å²) in [6.45, 7) is 6.33. The predicted octanol–water partition coefficient (Wildman–Crippen LogP) is 4.92. The summed E-state index contributed by atoms with van der Waals surface area (Å²) >= 11 is 0. The molecule has 35 heavy (non-hydrogen) atoms. The third-order valence-corrected chi connectivity index (χ3v) is 7.04. The van der Waals surface area contributed by atoms with E-state index >= 15 is 0 Å². The van der Waals surface area contributed by atoms with Crippen LogP contribution in [0.5, 0.6) is 17.2 Å². The van der Waals surface area contributed by atoms with Crippen LogP contribution in [-0.4, -0.2) is 42.8 Å². The maximum atomic E-state index is 13.3. The molecule has 1 aliphatic heterocycles. The quantitative estimate of drug-likeness (QED) is 0.476. The number of nitrogens with zero attached hydrogens (tertiary/aromatic N) is 2. The highest BCUT2D eigenvalue weighted by atomic mass is 16.7. The lowest BCUT2D eigenvalue weighted by Gasteiger charge is -2.30. The SMILES string of the molecule is CCN(CC)C(c1ccc(NC(=O)C2(c3ccc4c(c3)OCO4)CC2)nc1)c1cccc(OC)c1. The number of carbonyl (C=O) groups is 1. The van der Waals surface area contributed by atoms with Gasteiger partial charge in [-0.3, -0.25) is 9.69 Å². The van der Waals surface area contributed by atoms with Crippen molar-refractivity contribution in [3.8, 4) is 17.2 Å². The first-order chi connectivity index (χ1) is 17.1. The Labute approximate surface area is 206 Å². The van der Waals surface area contributed by atoms with Gasteiger partial charge in [0.2, 0.25) is 12.7 Å². The summed E-state index contributed by atoms with van der Waals surface area (Å²) in [7, 11) is 1.68. The normalized spacial score (nSPS) is 16.1. The number of nitrogens with one attached hydrogen (secondary N) is 1. The Kier molecular flexibility index (Phi) is 6.34. The molecule has 1 atom stereocenters. The number of ether oxygens (including phenoxy) is 3. The van der Waals surface area contributed by atoms with Crippen molar-refractivity contribution in [2.75, 3.05) is 32.3 Å². The van der Waals surface area contributed by atoms with Crippen molar-refractivity contribution < 1.29 is 19.0 Å². The maximum absolute atomic E-state index is 13.3. The first-order valence-electron chi connectivity index (χ1n) is 12.1. The van der Waals surface area contributed by atoms with Crippen molar-refractivity contribution in [3.63, 3.8) is 0 Å². The van der Waals surface area contributed by atoms with Crippen molar-refractivity contribution in [1.29, 1.82) is 0 Å². The summed E-state index contributed by atoms with van der Waals surface area (Å²) in [4.78, 5) is 20.3. The molecule has 5 rings (SSSR count). The van der Waals surface area contributed by atoms with Gasteiger partial charge in [0.1, 0.15) is 11.6 Å². The summed E-state index contributed by atoms with van der Waals surface area (Å²) in [5.41, 5.74) is 2.63. The summed E-state index contributed by atoms with van der Waals surface area (Å²) < 4.78 is 16.4. The smallest absolute Gasteiger partial charge is 0.236 e. The van der Waals surface area contributed by atoms with E-state index in [0.717, 1.165) is 54.1 Å². The maximum Gasteiger partial charge on any atom is 0.236 e. The Morgan fingerprint density at radius 2 is 1.86 bits per heavy atom. The number of hydrogen-bond donors (Lipinski definition) is 1. The molecule has 2 aliphatic rings. The number of benzene rings is 2. The Balaban J connectivity index is 1.36. The van der Waals surface area contributed by atoms with Gasteiger partial charge >= 0.3 is 0 Å². The molecule has 0 saturated heterocycles. The third kappa shape index (κ3) is 4.44. The Bertz CT molecular complexity index is 1200. The van der Waals surface area contributed by atoms with Crippen LogP contribution in [0.4, 0.5) is 5.82 Å². The van der Waals surface area contributed by atoms with Gasteiger partial charge in [-0.25, -0.2) is 4.98 Å². The molecule has 7 heteroatoms. The lowest BCUT2D eigenvalue weighted by Crippen LogP contribution is -2.30. The molecule has 7 nitrogen and oxygen atoms in total. The first kappa shape index (κ1) is 23.2. The Morgan fingerprint density at radius 3 is 2.54 bits per heavy atom. The minimum absolute atomic E-state index is 0.0373. The second-order valence-corrected chi connectivity index (χ2v) is 8.98. The highest BCUT2D eigenvalue weighted by molar-refractivity contribution is 6.01. The second kappa shape index (κ2) is 9.58. The number of methoxy groups -OCH3 is 1. The molecule has 182 valence electrons. The number of amides is 1. The molecule has 3 aromatic rings. The van der Waals surface area contributed by atoms with E-state index in [4.69, 9.17) is 14.2 Å². The van der Waals surface area contributed by atoms with Gasteiger partial charge in [-0.2, -0.15) is 0 Å². The number of carbonyl (C=O) groups excluding carboxylic acids is 1. The molecule has 0 spiro atoms. The minimum atomic E-state index is -0.536. The first-order valence-corrected chi connectivity index (χ1v) is 12.1. The fourth-order valence-corrected chi connectivity index (χ4v) is 4.86. The average molecular weight is 474 g/mol. The molecule has 1 N–H and O–H groups in total. The topological polar surface area (TPSA) is 72.9 Å². The number of rotatable bonds is 9.